The van der Waals surface area contributed by atoms with Crippen molar-refractivity contribution in [2.75, 3.05) is 14.2 Å². The van der Waals surface area contributed by atoms with Crippen LogP contribution in [0.3, 0.4) is 0 Å². The summed E-state index contributed by atoms with van der Waals surface area (Å²) >= 11 is 5.97. The monoisotopic (exact) mass is 304 g/mol. The van der Waals surface area contributed by atoms with Gasteiger partial charge < -0.3 is 9.47 Å². The number of hydrogen-bond acceptors (Lipinski definition) is 4. The zero-order valence-corrected chi connectivity index (χ0v) is 12.3. The van der Waals surface area contributed by atoms with Crippen LogP contribution in [0.2, 0.25) is 5.02 Å². The zero-order valence-electron chi connectivity index (χ0n) is 11.6. The molecule has 0 aromatic heterocycles. The molecule has 2 rings (SSSR count). The van der Waals surface area contributed by atoms with Crippen molar-refractivity contribution in [1.29, 1.82) is 0 Å². The van der Waals surface area contributed by atoms with Crippen LogP contribution in [0.25, 0.3) is 11.1 Å². The molecule has 21 heavy (non-hydrogen) atoms. The summed E-state index contributed by atoms with van der Waals surface area (Å²) in [6, 6.07) is 11.8. The minimum absolute atomic E-state index is 0.273. The highest BCUT2D eigenvalue weighted by Gasteiger charge is 2.14. The van der Waals surface area contributed by atoms with E-state index in [1.807, 2.05) is 6.07 Å². The Morgan fingerprint density at radius 1 is 0.857 bits per heavy atom. The van der Waals surface area contributed by atoms with E-state index in [1.54, 1.807) is 30.3 Å². The van der Waals surface area contributed by atoms with Gasteiger partial charge in [-0.1, -0.05) is 23.7 Å². The van der Waals surface area contributed by atoms with E-state index in [0.717, 1.165) is 5.56 Å². The van der Waals surface area contributed by atoms with Crippen molar-refractivity contribution in [1.82, 2.24) is 0 Å². The lowest BCUT2D eigenvalue weighted by atomic mass is 9.99. The van der Waals surface area contributed by atoms with Crippen LogP contribution < -0.4 is 0 Å². The fourth-order valence-corrected chi connectivity index (χ4v) is 2.12. The van der Waals surface area contributed by atoms with Gasteiger partial charge >= 0.3 is 11.9 Å². The van der Waals surface area contributed by atoms with Crippen molar-refractivity contribution in [2.45, 2.75) is 0 Å². The Kier molecular flexibility index (Phi) is 4.60. The van der Waals surface area contributed by atoms with Gasteiger partial charge in [-0.25, -0.2) is 9.59 Å². The Balaban J connectivity index is 2.59. The Bertz CT molecular complexity index is 660. The van der Waals surface area contributed by atoms with Crippen LogP contribution >= 0.6 is 11.6 Å². The standard InChI is InChI=1S/C16H13ClO4/c1-20-15(18)12-6-11(7-13(8-12)16(19)21-2)10-4-3-5-14(17)9-10/h3-9H,1-2H3. The number of ether oxygens (including phenoxy) is 2. The summed E-state index contributed by atoms with van der Waals surface area (Å²) in [5, 5.41) is 0.565. The molecule has 2 aromatic rings. The second-order valence-electron chi connectivity index (χ2n) is 4.29. The molecular weight excluding hydrogens is 292 g/mol. The van der Waals surface area contributed by atoms with Gasteiger partial charge in [0.2, 0.25) is 0 Å². The third kappa shape index (κ3) is 3.41. The minimum atomic E-state index is -0.524. The van der Waals surface area contributed by atoms with E-state index < -0.39 is 11.9 Å². The number of carbonyl (C=O) groups is 2. The average Bonchev–Trinajstić information content (AvgIpc) is 2.52. The number of carbonyl (C=O) groups excluding carboxylic acids is 2. The first kappa shape index (κ1) is 15.1. The van der Waals surface area contributed by atoms with E-state index in [0.29, 0.717) is 10.6 Å². The topological polar surface area (TPSA) is 52.6 Å². The molecule has 0 bridgehead atoms. The van der Waals surface area contributed by atoms with Crippen molar-refractivity contribution in [3.8, 4) is 11.1 Å². The van der Waals surface area contributed by atoms with Gasteiger partial charge in [0.25, 0.3) is 0 Å². The Labute approximate surface area is 127 Å². The van der Waals surface area contributed by atoms with Gasteiger partial charge in [-0.3, -0.25) is 0 Å². The predicted octanol–water partition coefficient (Wildman–Crippen LogP) is 3.58. The fraction of sp³-hybridized carbons (Fsp3) is 0.125. The highest BCUT2D eigenvalue weighted by Crippen LogP contribution is 2.25. The van der Waals surface area contributed by atoms with Crippen LogP contribution in [0, 0.1) is 0 Å². The van der Waals surface area contributed by atoms with Gasteiger partial charge in [0.05, 0.1) is 25.3 Å². The molecule has 0 atom stereocenters. The van der Waals surface area contributed by atoms with Crippen LogP contribution in [0.1, 0.15) is 20.7 Å². The number of benzene rings is 2. The van der Waals surface area contributed by atoms with Gasteiger partial charge in [0.1, 0.15) is 0 Å². The maximum Gasteiger partial charge on any atom is 0.337 e. The molecule has 2 aromatic carbocycles. The maximum atomic E-state index is 11.7. The molecule has 4 nitrogen and oxygen atoms in total. The van der Waals surface area contributed by atoms with E-state index in [2.05, 4.69) is 0 Å². The molecule has 0 fully saturated rings. The summed E-state index contributed by atoms with van der Waals surface area (Å²) in [4.78, 5) is 23.5. The second-order valence-corrected chi connectivity index (χ2v) is 4.73. The zero-order chi connectivity index (χ0) is 15.4. The molecule has 0 unspecified atom stereocenters. The molecular formula is C16H13ClO4. The molecule has 0 aliphatic carbocycles. The summed E-state index contributed by atoms with van der Waals surface area (Å²) < 4.78 is 9.40. The summed E-state index contributed by atoms with van der Waals surface area (Å²) in [6.45, 7) is 0. The van der Waals surface area contributed by atoms with Crippen molar-refractivity contribution in [2.24, 2.45) is 0 Å². The summed E-state index contributed by atoms with van der Waals surface area (Å²) in [6.07, 6.45) is 0. The van der Waals surface area contributed by atoms with Crippen LogP contribution in [-0.2, 0) is 9.47 Å². The smallest absolute Gasteiger partial charge is 0.337 e. The first-order valence-corrected chi connectivity index (χ1v) is 6.50. The molecule has 0 amide bonds. The van der Waals surface area contributed by atoms with Gasteiger partial charge in [0, 0.05) is 5.02 Å². The van der Waals surface area contributed by atoms with E-state index >= 15 is 0 Å². The Morgan fingerprint density at radius 3 is 1.90 bits per heavy atom. The third-order valence-electron chi connectivity index (χ3n) is 2.93. The normalized spacial score (nSPS) is 10.0. The number of halogens is 1. The van der Waals surface area contributed by atoms with Crippen LogP contribution in [0.5, 0.6) is 0 Å². The predicted molar refractivity (Wildman–Crippen MR) is 79.6 cm³/mol. The van der Waals surface area contributed by atoms with E-state index in [9.17, 15) is 9.59 Å². The van der Waals surface area contributed by atoms with Crippen molar-refractivity contribution < 1.29 is 19.1 Å². The molecule has 0 saturated heterocycles. The van der Waals surface area contributed by atoms with Gasteiger partial charge in [-0.15, -0.1) is 0 Å². The quantitative estimate of drug-likeness (QED) is 0.813. The summed E-state index contributed by atoms with van der Waals surface area (Å²) in [5.74, 6) is -1.05. The number of esters is 2. The SMILES string of the molecule is COC(=O)c1cc(C(=O)OC)cc(-c2cccc(Cl)c2)c1. The number of hydrogen-bond donors (Lipinski definition) is 0. The van der Waals surface area contributed by atoms with Gasteiger partial charge in [-0.2, -0.15) is 0 Å². The molecule has 108 valence electrons. The first-order chi connectivity index (χ1) is 10.0. The lowest BCUT2D eigenvalue weighted by Gasteiger charge is -2.08. The molecule has 5 heteroatoms. The third-order valence-corrected chi connectivity index (χ3v) is 3.17. The fourth-order valence-electron chi connectivity index (χ4n) is 1.93. The van der Waals surface area contributed by atoms with E-state index in [-0.39, 0.29) is 11.1 Å². The average molecular weight is 305 g/mol. The lowest BCUT2D eigenvalue weighted by Crippen LogP contribution is -2.07. The van der Waals surface area contributed by atoms with Crippen LogP contribution in [0.4, 0.5) is 0 Å². The Morgan fingerprint density at radius 2 is 1.43 bits per heavy atom. The second kappa shape index (κ2) is 6.41. The van der Waals surface area contributed by atoms with Gasteiger partial charge in [-0.05, 0) is 41.5 Å². The molecule has 0 aliphatic heterocycles. The maximum absolute atomic E-state index is 11.7. The minimum Gasteiger partial charge on any atom is -0.465 e. The highest BCUT2D eigenvalue weighted by molar-refractivity contribution is 6.30. The Hall–Kier alpha value is -2.33. The van der Waals surface area contributed by atoms with Gasteiger partial charge in [0.15, 0.2) is 0 Å². The van der Waals surface area contributed by atoms with E-state index in [1.165, 1.54) is 20.3 Å². The number of rotatable bonds is 3. The molecule has 0 aliphatic rings. The van der Waals surface area contributed by atoms with Crippen LogP contribution in [-0.4, -0.2) is 26.2 Å². The molecule has 0 saturated carbocycles. The largest absolute Gasteiger partial charge is 0.465 e. The molecule has 0 N–H and O–H groups in total. The molecule has 0 spiro atoms. The van der Waals surface area contributed by atoms with Crippen molar-refractivity contribution >= 4 is 23.5 Å². The summed E-state index contributed by atoms with van der Waals surface area (Å²) in [7, 11) is 2.57. The highest BCUT2D eigenvalue weighted by atomic mass is 35.5. The van der Waals surface area contributed by atoms with Crippen LogP contribution in [0.15, 0.2) is 42.5 Å². The molecule has 0 heterocycles. The summed E-state index contributed by atoms with van der Waals surface area (Å²) in [5.41, 5.74) is 2.02. The number of methoxy groups -OCH3 is 2. The van der Waals surface area contributed by atoms with Crippen molar-refractivity contribution in [3.05, 3.63) is 58.6 Å². The van der Waals surface area contributed by atoms with Crippen molar-refractivity contribution in [3.63, 3.8) is 0 Å². The molecule has 0 radical (unpaired) electrons. The first-order valence-electron chi connectivity index (χ1n) is 6.13. The van der Waals surface area contributed by atoms with E-state index in [4.69, 9.17) is 21.1 Å². The lowest BCUT2D eigenvalue weighted by molar-refractivity contribution is 0.0599.